The smallest absolute Gasteiger partial charge is 0.127 e. The van der Waals surface area contributed by atoms with Crippen LogP contribution in [-0.4, -0.2) is 24.0 Å². The number of rotatable bonds is 2. The van der Waals surface area contributed by atoms with E-state index in [4.69, 9.17) is 5.73 Å². The lowest BCUT2D eigenvalue weighted by atomic mass is 9.89. The molecule has 3 rings (SSSR count). The summed E-state index contributed by atoms with van der Waals surface area (Å²) in [5.41, 5.74) is 7.80. The van der Waals surface area contributed by atoms with E-state index in [0.717, 1.165) is 24.2 Å². The summed E-state index contributed by atoms with van der Waals surface area (Å²) >= 11 is 0. The van der Waals surface area contributed by atoms with Crippen LogP contribution in [-0.2, 0) is 6.54 Å². The minimum Gasteiger partial charge on any atom is -0.330 e. The Morgan fingerprint density at radius 1 is 1.38 bits per heavy atom. The van der Waals surface area contributed by atoms with E-state index in [2.05, 4.69) is 4.90 Å². The second-order valence-corrected chi connectivity index (χ2v) is 4.90. The molecule has 0 aromatic heterocycles. The molecule has 1 unspecified atom stereocenters. The number of nitrogens with two attached hydrogens (primary N) is 1. The molecule has 1 fully saturated rings. The van der Waals surface area contributed by atoms with Crippen LogP contribution >= 0.6 is 0 Å². The lowest BCUT2D eigenvalue weighted by Gasteiger charge is -2.34. The molecule has 1 aromatic carbocycles. The van der Waals surface area contributed by atoms with Gasteiger partial charge in [0.1, 0.15) is 5.82 Å². The molecule has 16 heavy (non-hydrogen) atoms. The molecule has 1 heterocycles. The standard InChI is InChI=1S/C13H17FN2/c14-13-3-1-2-11-9(6-15)7-16(8-12(11)13)10-4-5-10/h1-3,9-10H,4-8,15H2. The summed E-state index contributed by atoms with van der Waals surface area (Å²) in [5.74, 6) is 0.237. The first-order valence-corrected chi connectivity index (χ1v) is 6.01. The van der Waals surface area contributed by atoms with E-state index in [1.807, 2.05) is 6.07 Å². The van der Waals surface area contributed by atoms with Gasteiger partial charge in [0.25, 0.3) is 0 Å². The summed E-state index contributed by atoms with van der Waals surface area (Å²) in [4.78, 5) is 2.39. The fourth-order valence-corrected chi connectivity index (χ4v) is 2.69. The fourth-order valence-electron chi connectivity index (χ4n) is 2.69. The second-order valence-electron chi connectivity index (χ2n) is 4.90. The van der Waals surface area contributed by atoms with Crippen LogP contribution < -0.4 is 5.73 Å². The van der Waals surface area contributed by atoms with Gasteiger partial charge >= 0.3 is 0 Å². The van der Waals surface area contributed by atoms with Crippen molar-refractivity contribution in [2.75, 3.05) is 13.1 Å². The second kappa shape index (κ2) is 3.82. The molecule has 0 spiro atoms. The van der Waals surface area contributed by atoms with Crippen molar-refractivity contribution < 1.29 is 4.39 Å². The number of hydrogen-bond acceptors (Lipinski definition) is 2. The predicted octanol–water partition coefficient (Wildman–Crippen LogP) is 1.85. The lowest BCUT2D eigenvalue weighted by Crippen LogP contribution is -2.38. The number of hydrogen-bond donors (Lipinski definition) is 1. The molecule has 1 aliphatic carbocycles. The van der Waals surface area contributed by atoms with Gasteiger partial charge in [-0.05, 0) is 24.5 Å². The van der Waals surface area contributed by atoms with E-state index in [0.29, 0.717) is 18.5 Å². The molecule has 0 bridgehead atoms. The van der Waals surface area contributed by atoms with Crippen LogP contribution in [0.3, 0.4) is 0 Å². The molecule has 0 radical (unpaired) electrons. The molecule has 2 N–H and O–H groups in total. The Hall–Kier alpha value is -0.930. The summed E-state index contributed by atoms with van der Waals surface area (Å²) < 4.78 is 13.8. The van der Waals surface area contributed by atoms with Crippen LogP contribution in [0.15, 0.2) is 18.2 Å². The van der Waals surface area contributed by atoms with Gasteiger partial charge in [0.15, 0.2) is 0 Å². The summed E-state index contributed by atoms with van der Waals surface area (Å²) in [5, 5.41) is 0. The molecule has 86 valence electrons. The Kier molecular flexibility index (Phi) is 2.45. The number of nitrogens with zero attached hydrogens (tertiary/aromatic N) is 1. The molecule has 1 atom stereocenters. The molecule has 3 heteroatoms. The molecule has 1 aliphatic heterocycles. The Labute approximate surface area is 95.2 Å². The zero-order valence-corrected chi connectivity index (χ0v) is 9.32. The lowest BCUT2D eigenvalue weighted by molar-refractivity contribution is 0.217. The van der Waals surface area contributed by atoms with Crippen molar-refractivity contribution in [3.63, 3.8) is 0 Å². The van der Waals surface area contributed by atoms with E-state index < -0.39 is 0 Å². The highest BCUT2D eigenvalue weighted by Gasteiger charge is 2.35. The van der Waals surface area contributed by atoms with E-state index in [-0.39, 0.29) is 5.82 Å². The molecule has 0 amide bonds. The Morgan fingerprint density at radius 2 is 2.19 bits per heavy atom. The topological polar surface area (TPSA) is 29.3 Å². The van der Waals surface area contributed by atoms with Crippen molar-refractivity contribution in [1.29, 1.82) is 0 Å². The van der Waals surface area contributed by atoms with Crippen LogP contribution in [0, 0.1) is 5.82 Å². The minimum atomic E-state index is -0.0682. The van der Waals surface area contributed by atoms with Crippen LogP contribution in [0.25, 0.3) is 0 Å². The van der Waals surface area contributed by atoms with E-state index in [1.165, 1.54) is 12.8 Å². The molecular formula is C13H17FN2. The van der Waals surface area contributed by atoms with Crippen LogP contribution in [0.2, 0.25) is 0 Å². The van der Waals surface area contributed by atoms with Gasteiger partial charge in [-0.15, -0.1) is 0 Å². The third-order valence-electron chi connectivity index (χ3n) is 3.76. The summed E-state index contributed by atoms with van der Waals surface area (Å²) in [6.45, 7) is 2.38. The SMILES string of the molecule is NCC1CN(C2CC2)Cc2c(F)cccc21. The Balaban J connectivity index is 1.97. The quantitative estimate of drug-likeness (QED) is 0.824. The molecule has 1 saturated carbocycles. The summed E-state index contributed by atoms with van der Waals surface area (Å²) in [6, 6.07) is 6.06. The van der Waals surface area contributed by atoms with Gasteiger partial charge in [-0.25, -0.2) is 4.39 Å². The van der Waals surface area contributed by atoms with Crippen molar-refractivity contribution in [2.24, 2.45) is 5.73 Å². The van der Waals surface area contributed by atoms with Crippen LogP contribution in [0.4, 0.5) is 4.39 Å². The van der Waals surface area contributed by atoms with Gasteiger partial charge in [-0.3, -0.25) is 4.90 Å². The maximum absolute atomic E-state index is 13.8. The summed E-state index contributed by atoms with van der Waals surface area (Å²) in [7, 11) is 0. The minimum absolute atomic E-state index is 0.0682. The van der Waals surface area contributed by atoms with E-state index in [9.17, 15) is 4.39 Å². The average Bonchev–Trinajstić information content (AvgIpc) is 3.12. The van der Waals surface area contributed by atoms with Crippen LogP contribution in [0.1, 0.15) is 29.9 Å². The Morgan fingerprint density at radius 3 is 2.88 bits per heavy atom. The normalized spacial score (nSPS) is 25.5. The molecular weight excluding hydrogens is 203 g/mol. The highest BCUT2D eigenvalue weighted by Crippen LogP contribution is 2.36. The Bertz CT molecular complexity index is 401. The molecule has 2 nitrogen and oxygen atoms in total. The number of fused-ring (bicyclic) bond motifs is 1. The van der Waals surface area contributed by atoms with Gasteiger partial charge in [-0.1, -0.05) is 12.1 Å². The van der Waals surface area contributed by atoms with Crippen molar-refractivity contribution >= 4 is 0 Å². The van der Waals surface area contributed by atoms with E-state index in [1.54, 1.807) is 12.1 Å². The first kappa shape index (κ1) is 10.2. The third kappa shape index (κ3) is 1.64. The van der Waals surface area contributed by atoms with Gasteiger partial charge in [0.05, 0.1) is 0 Å². The first-order valence-electron chi connectivity index (χ1n) is 6.01. The van der Waals surface area contributed by atoms with Crippen molar-refractivity contribution in [1.82, 2.24) is 4.90 Å². The zero-order valence-electron chi connectivity index (χ0n) is 9.32. The zero-order chi connectivity index (χ0) is 11.1. The van der Waals surface area contributed by atoms with Crippen molar-refractivity contribution in [2.45, 2.75) is 31.3 Å². The number of halogens is 1. The maximum Gasteiger partial charge on any atom is 0.127 e. The molecule has 0 saturated heterocycles. The van der Waals surface area contributed by atoms with Gasteiger partial charge < -0.3 is 5.73 Å². The van der Waals surface area contributed by atoms with E-state index >= 15 is 0 Å². The van der Waals surface area contributed by atoms with Gasteiger partial charge in [0.2, 0.25) is 0 Å². The van der Waals surface area contributed by atoms with Crippen LogP contribution in [0.5, 0.6) is 0 Å². The fraction of sp³-hybridized carbons (Fsp3) is 0.538. The molecule has 1 aromatic rings. The largest absolute Gasteiger partial charge is 0.330 e. The average molecular weight is 220 g/mol. The van der Waals surface area contributed by atoms with Crippen molar-refractivity contribution in [3.8, 4) is 0 Å². The summed E-state index contributed by atoms with van der Waals surface area (Å²) in [6.07, 6.45) is 2.53. The maximum atomic E-state index is 13.8. The molecule has 2 aliphatic rings. The predicted molar refractivity (Wildman–Crippen MR) is 61.6 cm³/mol. The highest BCUT2D eigenvalue weighted by atomic mass is 19.1. The van der Waals surface area contributed by atoms with Gasteiger partial charge in [0, 0.05) is 37.2 Å². The first-order chi connectivity index (χ1) is 7.79. The van der Waals surface area contributed by atoms with Crippen molar-refractivity contribution in [3.05, 3.63) is 35.1 Å². The number of benzene rings is 1. The highest BCUT2D eigenvalue weighted by molar-refractivity contribution is 5.34. The van der Waals surface area contributed by atoms with Gasteiger partial charge in [-0.2, -0.15) is 0 Å². The third-order valence-corrected chi connectivity index (χ3v) is 3.76. The monoisotopic (exact) mass is 220 g/mol.